The quantitative estimate of drug-likeness (QED) is 0.923. The Bertz CT molecular complexity index is 538. The Morgan fingerprint density at radius 3 is 2.65 bits per heavy atom. The van der Waals surface area contributed by atoms with E-state index in [2.05, 4.69) is 53.1 Å². The van der Waals surface area contributed by atoms with Crippen LogP contribution in [-0.4, -0.2) is 9.78 Å². The summed E-state index contributed by atoms with van der Waals surface area (Å²) in [7, 11) is 1.88. The summed E-state index contributed by atoms with van der Waals surface area (Å²) in [5.74, 6) is 0.750. The molecule has 0 aliphatic heterocycles. The molecule has 0 atom stereocenters. The zero-order valence-electron chi connectivity index (χ0n) is 10.3. The van der Waals surface area contributed by atoms with E-state index in [4.69, 9.17) is 5.73 Å². The number of nitrogens with two attached hydrogens (primary N) is 1. The molecule has 1 heterocycles. The molecule has 0 unspecified atom stereocenters. The van der Waals surface area contributed by atoms with E-state index >= 15 is 0 Å². The molecule has 90 valence electrons. The normalized spacial score (nSPS) is 10.8. The Morgan fingerprint density at radius 1 is 1.35 bits per heavy atom. The smallest absolute Gasteiger partial charge is 0.125 e. The maximum absolute atomic E-state index is 6.02. The molecule has 1 aromatic heterocycles. The van der Waals surface area contributed by atoms with E-state index in [1.165, 1.54) is 5.56 Å². The van der Waals surface area contributed by atoms with Gasteiger partial charge in [-0.25, -0.2) is 0 Å². The van der Waals surface area contributed by atoms with Crippen molar-refractivity contribution in [3.8, 4) is 11.3 Å². The van der Waals surface area contributed by atoms with Gasteiger partial charge in [0.15, 0.2) is 0 Å². The van der Waals surface area contributed by atoms with Gasteiger partial charge in [0.1, 0.15) is 5.82 Å². The molecule has 0 aliphatic carbocycles. The molecule has 2 N–H and O–H groups in total. The number of aryl methyl sites for hydroxylation is 2. The van der Waals surface area contributed by atoms with Crippen molar-refractivity contribution >= 4 is 21.7 Å². The first-order chi connectivity index (χ1) is 8.02. The zero-order chi connectivity index (χ0) is 12.6. The third-order valence-corrected chi connectivity index (χ3v) is 3.32. The molecule has 2 aromatic rings. The molecular formula is C13H16BrN3. The van der Waals surface area contributed by atoms with Gasteiger partial charge in [-0.05, 0) is 37.1 Å². The molecule has 0 fully saturated rings. The van der Waals surface area contributed by atoms with Gasteiger partial charge in [0, 0.05) is 22.6 Å². The van der Waals surface area contributed by atoms with Crippen LogP contribution in [0, 0.1) is 6.92 Å². The standard InChI is InChI=1S/C13H16BrN3/c1-4-11-12(16-17(3)13(11)15)9-5-8(2)6-10(14)7-9/h5-7H,4,15H2,1-3H3. The van der Waals surface area contributed by atoms with E-state index in [1.54, 1.807) is 4.68 Å². The molecule has 1 aromatic carbocycles. The fourth-order valence-corrected chi connectivity index (χ4v) is 2.64. The van der Waals surface area contributed by atoms with E-state index in [9.17, 15) is 0 Å². The third-order valence-electron chi connectivity index (χ3n) is 2.86. The van der Waals surface area contributed by atoms with Crippen LogP contribution in [0.15, 0.2) is 22.7 Å². The van der Waals surface area contributed by atoms with Crippen molar-refractivity contribution in [3.63, 3.8) is 0 Å². The molecule has 0 saturated carbocycles. The van der Waals surface area contributed by atoms with Crippen LogP contribution in [0.1, 0.15) is 18.1 Å². The maximum atomic E-state index is 6.02. The molecular weight excluding hydrogens is 278 g/mol. The van der Waals surface area contributed by atoms with E-state index in [-0.39, 0.29) is 0 Å². The van der Waals surface area contributed by atoms with Crippen molar-refractivity contribution in [2.45, 2.75) is 20.3 Å². The molecule has 4 heteroatoms. The monoisotopic (exact) mass is 293 g/mol. The van der Waals surface area contributed by atoms with Crippen molar-refractivity contribution < 1.29 is 0 Å². The number of anilines is 1. The van der Waals surface area contributed by atoms with Crippen LogP contribution in [0.25, 0.3) is 11.3 Å². The Balaban J connectivity index is 2.63. The molecule has 0 amide bonds. The summed E-state index contributed by atoms with van der Waals surface area (Å²) in [5.41, 5.74) is 10.4. The van der Waals surface area contributed by atoms with Crippen molar-refractivity contribution in [2.75, 3.05) is 5.73 Å². The van der Waals surface area contributed by atoms with Gasteiger partial charge in [0.05, 0.1) is 5.69 Å². The molecule has 2 rings (SSSR count). The van der Waals surface area contributed by atoms with Gasteiger partial charge < -0.3 is 5.73 Å². The number of nitrogens with zero attached hydrogens (tertiary/aromatic N) is 2. The Hall–Kier alpha value is -1.29. The Morgan fingerprint density at radius 2 is 2.06 bits per heavy atom. The van der Waals surface area contributed by atoms with Crippen LogP contribution in [-0.2, 0) is 13.5 Å². The number of benzene rings is 1. The topological polar surface area (TPSA) is 43.8 Å². The Labute approximate surface area is 110 Å². The van der Waals surface area contributed by atoms with E-state index in [0.29, 0.717) is 0 Å². The van der Waals surface area contributed by atoms with Gasteiger partial charge >= 0.3 is 0 Å². The molecule has 0 spiro atoms. The van der Waals surface area contributed by atoms with Gasteiger partial charge in [0.2, 0.25) is 0 Å². The number of aromatic nitrogens is 2. The number of nitrogen functional groups attached to an aromatic ring is 1. The molecule has 0 saturated heterocycles. The maximum Gasteiger partial charge on any atom is 0.125 e. The third kappa shape index (κ3) is 2.22. The van der Waals surface area contributed by atoms with Gasteiger partial charge in [-0.2, -0.15) is 5.10 Å². The molecule has 17 heavy (non-hydrogen) atoms. The van der Waals surface area contributed by atoms with Gasteiger partial charge in [-0.3, -0.25) is 4.68 Å². The minimum Gasteiger partial charge on any atom is -0.384 e. The van der Waals surface area contributed by atoms with Crippen LogP contribution >= 0.6 is 15.9 Å². The summed E-state index contributed by atoms with van der Waals surface area (Å²) in [4.78, 5) is 0. The summed E-state index contributed by atoms with van der Waals surface area (Å²) in [6.45, 7) is 4.17. The second kappa shape index (κ2) is 4.53. The van der Waals surface area contributed by atoms with Crippen LogP contribution in [0.3, 0.4) is 0 Å². The largest absolute Gasteiger partial charge is 0.384 e. The summed E-state index contributed by atoms with van der Waals surface area (Å²) >= 11 is 3.52. The fraction of sp³-hybridized carbons (Fsp3) is 0.308. The van der Waals surface area contributed by atoms with Crippen LogP contribution in [0.4, 0.5) is 5.82 Å². The lowest BCUT2D eigenvalue weighted by Crippen LogP contribution is -1.98. The minimum absolute atomic E-state index is 0.750. The van der Waals surface area contributed by atoms with Crippen LogP contribution in [0.5, 0.6) is 0 Å². The number of rotatable bonds is 2. The average Bonchev–Trinajstić information content (AvgIpc) is 2.54. The van der Waals surface area contributed by atoms with Gasteiger partial charge in [0.25, 0.3) is 0 Å². The first kappa shape index (κ1) is 12.2. The molecule has 0 aliphatic rings. The first-order valence-corrected chi connectivity index (χ1v) is 6.41. The van der Waals surface area contributed by atoms with Gasteiger partial charge in [-0.15, -0.1) is 0 Å². The Kier molecular flexibility index (Phi) is 3.24. The van der Waals surface area contributed by atoms with E-state index < -0.39 is 0 Å². The van der Waals surface area contributed by atoms with Crippen molar-refractivity contribution in [3.05, 3.63) is 33.8 Å². The van der Waals surface area contributed by atoms with E-state index in [1.807, 2.05) is 7.05 Å². The molecule has 0 bridgehead atoms. The highest BCUT2D eigenvalue weighted by molar-refractivity contribution is 9.10. The lowest BCUT2D eigenvalue weighted by atomic mass is 10.0. The van der Waals surface area contributed by atoms with Crippen LogP contribution < -0.4 is 5.73 Å². The lowest BCUT2D eigenvalue weighted by Gasteiger charge is -2.03. The highest BCUT2D eigenvalue weighted by Crippen LogP contribution is 2.29. The predicted octanol–water partition coefficient (Wildman–Crippen LogP) is 3.30. The van der Waals surface area contributed by atoms with Crippen molar-refractivity contribution in [1.29, 1.82) is 0 Å². The second-order valence-corrected chi connectivity index (χ2v) is 5.12. The summed E-state index contributed by atoms with van der Waals surface area (Å²) in [6.07, 6.45) is 0.889. The molecule has 3 nitrogen and oxygen atoms in total. The highest BCUT2D eigenvalue weighted by Gasteiger charge is 2.14. The summed E-state index contributed by atoms with van der Waals surface area (Å²) in [6, 6.07) is 6.29. The predicted molar refractivity (Wildman–Crippen MR) is 74.9 cm³/mol. The average molecular weight is 294 g/mol. The SMILES string of the molecule is CCc1c(-c2cc(C)cc(Br)c2)nn(C)c1N. The summed E-state index contributed by atoms with van der Waals surface area (Å²) < 4.78 is 2.81. The molecule has 0 radical (unpaired) electrons. The van der Waals surface area contributed by atoms with Crippen molar-refractivity contribution in [2.24, 2.45) is 7.05 Å². The summed E-state index contributed by atoms with van der Waals surface area (Å²) in [5, 5.41) is 4.50. The lowest BCUT2D eigenvalue weighted by molar-refractivity contribution is 0.781. The highest BCUT2D eigenvalue weighted by atomic mass is 79.9. The first-order valence-electron chi connectivity index (χ1n) is 5.61. The van der Waals surface area contributed by atoms with Crippen molar-refractivity contribution in [1.82, 2.24) is 9.78 Å². The van der Waals surface area contributed by atoms with Gasteiger partial charge in [-0.1, -0.05) is 22.9 Å². The minimum atomic E-state index is 0.750. The second-order valence-electron chi connectivity index (χ2n) is 4.21. The van der Waals surface area contributed by atoms with E-state index in [0.717, 1.165) is 33.5 Å². The number of hydrogen-bond acceptors (Lipinski definition) is 2. The fourth-order valence-electron chi connectivity index (χ4n) is 2.03. The zero-order valence-corrected chi connectivity index (χ0v) is 11.9. The number of halogens is 1. The number of hydrogen-bond donors (Lipinski definition) is 1. The van der Waals surface area contributed by atoms with Crippen LogP contribution in [0.2, 0.25) is 0 Å².